The van der Waals surface area contributed by atoms with Crippen molar-refractivity contribution in [2.45, 2.75) is 44.3 Å². The molecule has 3 atom stereocenters. The van der Waals surface area contributed by atoms with E-state index in [0.717, 1.165) is 32.4 Å². The van der Waals surface area contributed by atoms with Gasteiger partial charge in [-0.3, -0.25) is 15.2 Å². The van der Waals surface area contributed by atoms with Crippen LogP contribution in [0, 0.1) is 29.1 Å². The van der Waals surface area contributed by atoms with Gasteiger partial charge in [-0.05, 0) is 62.4 Å². The van der Waals surface area contributed by atoms with Gasteiger partial charge in [0.2, 0.25) is 5.91 Å². The van der Waals surface area contributed by atoms with Gasteiger partial charge in [0.25, 0.3) is 0 Å². The second kappa shape index (κ2) is 10.5. The molecule has 1 amide bonds. The molecule has 5 rings (SSSR count). The highest BCUT2D eigenvalue weighted by atomic mass is 19.4. The SMILES string of the molecule is CN1CC(CC(=O)NN2CCCCC2[C@H]2C[C@@H](C(F)(F)F)CN(c3ccc(C#N)c4ncccc34)C2)C1. The number of amides is 1. The number of rotatable bonds is 5. The Kier molecular flexibility index (Phi) is 7.28. The van der Waals surface area contributed by atoms with E-state index in [1.54, 1.807) is 24.4 Å². The van der Waals surface area contributed by atoms with E-state index in [-0.39, 0.29) is 30.8 Å². The number of halogens is 3. The lowest BCUT2D eigenvalue weighted by Crippen LogP contribution is -2.58. The zero-order valence-electron chi connectivity index (χ0n) is 21.0. The third-order valence-corrected chi connectivity index (χ3v) is 8.13. The van der Waals surface area contributed by atoms with Crippen LogP contribution in [0.25, 0.3) is 10.9 Å². The van der Waals surface area contributed by atoms with Crippen LogP contribution in [0.15, 0.2) is 30.5 Å². The van der Waals surface area contributed by atoms with Gasteiger partial charge in [-0.2, -0.15) is 18.4 Å². The van der Waals surface area contributed by atoms with E-state index >= 15 is 0 Å². The number of hydrogen-bond donors (Lipinski definition) is 1. The smallest absolute Gasteiger partial charge is 0.370 e. The number of carbonyl (C=O) groups is 1. The highest BCUT2D eigenvalue weighted by Gasteiger charge is 2.47. The predicted molar refractivity (Wildman–Crippen MR) is 134 cm³/mol. The summed E-state index contributed by atoms with van der Waals surface area (Å²) in [7, 11) is 2.02. The van der Waals surface area contributed by atoms with Crippen molar-refractivity contribution in [3.8, 4) is 6.07 Å². The van der Waals surface area contributed by atoms with E-state index in [0.29, 0.717) is 47.6 Å². The topological polar surface area (TPSA) is 75.5 Å². The molecule has 3 aliphatic heterocycles. The second-order valence-corrected chi connectivity index (χ2v) is 10.9. The van der Waals surface area contributed by atoms with Gasteiger partial charge in [-0.1, -0.05) is 6.42 Å². The molecule has 1 aromatic carbocycles. The minimum Gasteiger partial charge on any atom is -0.370 e. The van der Waals surface area contributed by atoms with Gasteiger partial charge in [-0.15, -0.1) is 0 Å². The molecule has 1 unspecified atom stereocenters. The van der Waals surface area contributed by atoms with Gasteiger partial charge in [0.05, 0.1) is 17.0 Å². The average Bonchev–Trinajstić information content (AvgIpc) is 2.86. The van der Waals surface area contributed by atoms with Crippen LogP contribution < -0.4 is 10.3 Å². The van der Waals surface area contributed by atoms with Gasteiger partial charge in [0, 0.05) is 62.5 Å². The Balaban J connectivity index is 1.40. The summed E-state index contributed by atoms with van der Waals surface area (Å²) in [5.41, 5.74) is 4.63. The number of nitriles is 1. The third kappa shape index (κ3) is 5.53. The molecule has 37 heavy (non-hydrogen) atoms. The normalized spacial score (nSPS) is 26.0. The molecule has 0 bridgehead atoms. The summed E-state index contributed by atoms with van der Waals surface area (Å²) in [6.45, 7) is 2.76. The van der Waals surface area contributed by atoms with Crippen molar-refractivity contribution in [1.82, 2.24) is 20.3 Å². The molecule has 1 aromatic heterocycles. The molecule has 1 N–H and O–H groups in total. The number of hydrogen-bond acceptors (Lipinski definition) is 6. The van der Waals surface area contributed by atoms with E-state index < -0.39 is 12.1 Å². The van der Waals surface area contributed by atoms with Crippen molar-refractivity contribution < 1.29 is 18.0 Å². The largest absolute Gasteiger partial charge is 0.393 e. The first-order valence-corrected chi connectivity index (χ1v) is 13.1. The lowest BCUT2D eigenvalue weighted by atomic mass is 9.80. The number of carbonyl (C=O) groups excluding carboxylic acids is 1. The number of aromatic nitrogens is 1. The lowest BCUT2D eigenvalue weighted by Gasteiger charge is -2.47. The molecule has 10 heteroatoms. The monoisotopic (exact) mass is 514 g/mol. The molecule has 0 radical (unpaired) electrons. The summed E-state index contributed by atoms with van der Waals surface area (Å²) in [6, 6.07) is 8.92. The van der Waals surface area contributed by atoms with Crippen molar-refractivity contribution in [2.24, 2.45) is 17.8 Å². The van der Waals surface area contributed by atoms with Gasteiger partial charge in [0.1, 0.15) is 6.07 Å². The fraction of sp³-hybridized carbons (Fsp3) is 0.593. The van der Waals surface area contributed by atoms with Crippen LogP contribution in [0.3, 0.4) is 0 Å². The fourth-order valence-electron chi connectivity index (χ4n) is 6.39. The van der Waals surface area contributed by atoms with Crippen molar-refractivity contribution in [1.29, 1.82) is 5.26 Å². The van der Waals surface area contributed by atoms with Gasteiger partial charge in [-0.25, -0.2) is 5.01 Å². The van der Waals surface area contributed by atoms with E-state index in [1.807, 2.05) is 23.0 Å². The number of alkyl halides is 3. The summed E-state index contributed by atoms with van der Waals surface area (Å²) in [5, 5.41) is 12.1. The highest BCUT2D eigenvalue weighted by molar-refractivity contribution is 5.95. The number of nitrogens with zero attached hydrogens (tertiary/aromatic N) is 5. The summed E-state index contributed by atoms with van der Waals surface area (Å²) in [5.74, 6) is -1.45. The van der Waals surface area contributed by atoms with Gasteiger partial charge >= 0.3 is 6.18 Å². The molecule has 7 nitrogen and oxygen atoms in total. The Morgan fingerprint density at radius 2 is 2.00 bits per heavy atom. The van der Waals surface area contributed by atoms with Gasteiger partial charge < -0.3 is 9.80 Å². The Morgan fingerprint density at radius 1 is 1.19 bits per heavy atom. The number of fused-ring (bicyclic) bond motifs is 1. The Hall–Kier alpha value is -2.90. The van der Waals surface area contributed by atoms with Crippen molar-refractivity contribution >= 4 is 22.5 Å². The van der Waals surface area contributed by atoms with Crippen LogP contribution in [-0.2, 0) is 4.79 Å². The highest BCUT2D eigenvalue weighted by Crippen LogP contribution is 2.41. The van der Waals surface area contributed by atoms with Crippen LogP contribution >= 0.6 is 0 Å². The maximum atomic E-state index is 14.2. The van der Waals surface area contributed by atoms with E-state index in [9.17, 15) is 23.2 Å². The first-order chi connectivity index (χ1) is 17.7. The summed E-state index contributed by atoms with van der Waals surface area (Å²) in [4.78, 5) is 21.1. The molecule has 3 saturated heterocycles. The quantitative estimate of drug-likeness (QED) is 0.652. The number of nitrogens with one attached hydrogen (secondary N) is 1. The molecule has 2 aromatic rings. The number of likely N-dealkylation sites (tertiary alicyclic amines) is 1. The Morgan fingerprint density at radius 3 is 2.73 bits per heavy atom. The van der Waals surface area contributed by atoms with Crippen molar-refractivity contribution in [3.63, 3.8) is 0 Å². The van der Waals surface area contributed by atoms with Crippen molar-refractivity contribution in [2.75, 3.05) is 44.7 Å². The predicted octanol–water partition coefficient (Wildman–Crippen LogP) is 3.95. The molecule has 0 spiro atoms. The van der Waals surface area contributed by atoms with Gasteiger partial charge in [0.15, 0.2) is 0 Å². The Bertz CT molecular complexity index is 1170. The molecular formula is C27H33F3N6O. The second-order valence-electron chi connectivity index (χ2n) is 10.9. The first-order valence-electron chi connectivity index (χ1n) is 13.1. The zero-order valence-corrected chi connectivity index (χ0v) is 21.0. The number of pyridine rings is 1. The molecule has 0 aliphatic carbocycles. The minimum absolute atomic E-state index is 0.0386. The average molecular weight is 515 g/mol. The zero-order chi connectivity index (χ0) is 26.2. The van der Waals surface area contributed by atoms with Crippen LogP contribution in [0.5, 0.6) is 0 Å². The number of anilines is 1. The minimum atomic E-state index is -4.32. The van der Waals surface area contributed by atoms with Crippen molar-refractivity contribution in [3.05, 3.63) is 36.0 Å². The molecule has 4 heterocycles. The molecule has 0 saturated carbocycles. The van der Waals surface area contributed by atoms with E-state index in [2.05, 4.69) is 21.4 Å². The molecule has 198 valence electrons. The maximum Gasteiger partial charge on any atom is 0.393 e. The molecular weight excluding hydrogens is 481 g/mol. The number of benzene rings is 1. The first kappa shape index (κ1) is 25.7. The number of hydrazine groups is 1. The fourth-order valence-corrected chi connectivity index (χ4v) is 6.39. The Labute approximate surface area is 215 Å². The number of piperidine rings is 2. The van der Waals surface area contributed by atoms with E-state index in [4.69, 9.17) is 0 Å². The summed E-state index contributed by atoms with van der Waals surface area (Å²) >= 11 is 0. The third-order valence-electron chi connectivity index (χ3n) is 8.13. The summed E-state index contributed by atoms with van der Waals surface area (Å²) < 4.78 is 42.5. The lowest BCUT2D eigenvalue weighted by molar-refractivity contribution is -0.182. The standard InChI is InChI=1S/C27H33F3N6O/c1-34-14-18(15-34)11-25(37)33-36-10-3-2-6-23(36)20-12-21(27(28,29)30)17-35(16-20)24-8-7-19(13-31)26-22(24)5-4-9-32-26/h4-5,7-9,18,20-21,23H,2-3,6,10-12,14-17H2,1H3,(H,33,37)/t20-,21+,23?/m0/s1. The molecule has 3 aliphatic rings. The summed E-state index contributed by atoms with van der Waals surface area (Å²) in [6.07, 6.45) is 0.350. The van der Waals surface area contributed by atoms with E-state index in [1.165, 1.54) is 0 Å². The van der Waals surface area contributed by atoms with Crippen LogP contribution in [-0.4, -0.2) is 72.8 Å². The van der Waals surface area contributed by atoms with Crippen LogP contribution in [0.4, 0.5) is 18.9 Å². The van der Waals surface area contributed by atoms with Crippen LogP contribution in [0.2, 0.25) is 0 Å². The molecule has 3 fully saturated rings. The maximum absolute atomic E-state index is 14.2. The van der Waals surface area contributed by atoms with Crippen LogP contribution in [0.1, 0.15) is 37.7 Å².